The maximum Gasteiger partial charge on any atom is 0.308 e. The number of ether oxygens (including phenoxy) is 1. The Labute approximate surface area is 177 Å². The maximum absolute atomic E-state index is 13.7. The van der Waals surface area contributed by atoms with Gasteiger partial charge in [-0.1, -0.05) is 48.0 Å². The number of rotatable bonds is 4. The summed E-state index contributed by atoms with van der Waals surface area (Å²) in [5, 5.41) is 1.81. The van der Waals surface area contributed by atoms with E-state index in [9.17, 15) is 13.2 Å². The number of nitrogens with zero attached hydrogens (tertiary/aromatic N) is 1. The molecule has 1 aliphatic heterocycles. The molecule has 0 radical (unpaired) electrons. The molecule has 0 saturated heterocycles. The number of benzene rings is 3. The lowest BCUT2D eigenvalue weighted by atomic mass is 10.0. The molecule has 0 amide bonds. The summed E-state index contributed by atoms with van der Waals surface area (Å²) < 4.78 is 34.3. The van der Waals surface area contributed by atoms with Gasteiger partial charge in [-0.15, -0.1) is 0 Å². The minimum Gasteiger partial charge on any atom is -0.460 e. The molecule has 0 saturated carbocycles. The molecule has 6 heteroatoms. The topological polar surface area (TPSA) is 63.7 Å². The molecular weight excluding hydrogens is 398 g/mol. The van der Waals surface area contributed by atoms with Gasteiger partial charge in [-0.3, -0.25) is 9.10 Å². The normalized spacial score (nSPS) is 16.1. The molecule has 0 unspecified atom stereocenters. The van der Waals surface area contributed by atoms with E-state index in [1.165, 1.54) is 4.31 Å². The van der Waals surface area contributed by atoms with Crippen molar-refractivity contribution in [2.45, 2.75) is 50.7 Å². The Hall–Kier alpha value is -2.86. The zero-order chi connectivity index (χ0) is 21.7. The summed E-state index contributed by atoms with van der Waals surface area (Å²) in [6.45, 7) is 7.32. The number of esters is 1. The van der Waals surface area contributed by atoms with E-state index in [1.54, 1.807) is 51.1 Å². The first kappa shape index (κ1) is 20.4. The van der Waals surface area contributed by atoms with Gasteiger partial charge in [-0.05, 0) is 56.8 Å². The summed E-state index contributed by atoms with van der Waals surface area (Å²) in [6.07, 6.45) is -0.0594. The van der Waals surface area contributed by atoms with Gasteiger partial charge in [-0.2, -0.15) is 0 Å². The Balaban J connectivity index is 1.85. The number of hydrogen-bond acceptors (Lipinski definition) is 4. The Morgan fingerprint density at radius 1 is 1.00 bits per heavy atom. The third-order valence-corrected chi connectivity index (χ3v) is 6.99. The van der Waals surface area contributed by atoms with Crippen molar-refractivity contribution in [1.29, 1.82) is 0 Å². The quantitative estimate of drug-likeness (QED) is 0.546. The van der Waals surface area contributed by atoms with Crippen molar-refractivity contribution < 1.29 is 17.9 Å². The van der Waals surface area contributed by atoms with Crippen LogP contribution in [0.2, 0.25) is 0 Å². The Morgan fingerprint density at radius 3 is 2.27 bits per heavy atom. The van der Waals surface area contributed by atoms with Gasteiger partial charge in [0.1, 0.15) is 5.60 Å². The molecule has 0 fully saturated rings. The van der Waals surface area contributed by atoms with Crippen LogP contribution in [0.1, 0.15) is 44.4 Å². The van der Waals surface area contributed by atoms with Crippen LogP contribution < -0.4 is 4.31 Å². The van der Waals surface area contributed by atoms with Crippen molar-refractivity contribution in [3.8, 4) is 0 Å². The largest absolute Gasteiger partial charge is 0.460 e. The highest BCUT2D eigenvalue weighted by molar-refractivity contribution is 7.92. The van der Waals surface area contributed by atoms with Gasteiger partial charge >= 0.3 is 5.97 Å². The van der Waals surface area contributed by atoms with Crippen LogP contribution in [0, 0.1) is 6.92 Å². The summed E-state index contributed by atoms with van der Waals surface area (Å²) in [6, 6.07) is 17.4. The predicted molar refractivity (Wildman–Crippen MR) is 118 cm³/mol. The van der Waals surface area contributed by atoms with E-state index >= 15 is 0 Å². The monoisotopic (exact) mass is 423 g/mol. The van der Waals surface area contributed by atoms with Crippen molar-refractivity contribution in [1.82, 2.24) is 0 Å². The van der Waals surface area contributed by atoms with E-state index in [4.69, 9.17) is 4.74 Å². The summed E-state index contributed by atoms with van der Waals surface area (Å²) in [5.74, 6) is -0.429. The van der Waals surface area contributed by atoms with Crippen LogP contribution in [-0.2, 0) is 19.6 Å². The van der Waals surface area contributed by atoms with Gasteiger partial charge in [0.05, 0.1) is 23.0 Å². The second-order valence-corrected chi connectivity index (χ2v) is 10.5. The summed E-state index contributed by atoms with van der Waals surface area (Å²) >= 11 is 0. The molecule has 5 nitrogen and oxygen atoms in total. The van der Waals surface area contributed by atoms with Crippen molar-refractivity contribution in [3.63, 3.8) is 0 Å². The maximum atomic E-state index is 13.7. The zero-order valence-electron chi connectivity index (χ0n) is 17.5. The van der Waals surface area contributed by atoms with Crippen molar-refractivity contribution in [2.75, 3.05) is 4.31 Å². The molecular formula is C24H25NO4S. The highest BCUT2D eigenvalue weighted by Gasteiger charge is 2.41. The van der Waals surface area contributed by atoms with E-state index < -0.39 is 27.6 Å². The molecule has 0 aliphatic carbocycles. The minimum atomic E-state index is -3.88. The predicted octanol–water partition coefficient (Wildman–Crippen LogP) is 5.13. The molecule has 0 spiro atoms. The van der Waals surface area contributed by atoms with Crippen molar-refractivity contribution >= 4 is 32.5 Å². The van der Waals surface area contributed by atoms with E-state index in [-0.39, 0.29) is 11.3 Å². The summed E-state index contributed by atoms with van der Waals surface area (Å²) in [5.41, 5.74) is 1.75. The number of sulfonamides is 1. The standard InChI is InChI=1S/C24H25NO4S/c1-16-11-13-18(14-12-16)30(27,28)25-20-10-6-8-17-7-5-9-19(23(17)20)21(25)15-22(26)29-24(2,3)4/h5-14,21H,15H2,1-4H3/t21-/m1/s1. The van der Waals surface area contributed by atoms with E-state index in [2.05, 4.69) is 0 Å². The zero-order valence-corrected chi connectivity index (χ0v) is 18.4. The molecule has 3 aromatic rings. The third kappa shape index (κ3) is 3.56. The van der Waals surface area contributed by atoms with Gasteiger partial charge in [0.15, 0.2) is 0 Å². The molecule has 1 heterocycles. The first-order chi connectivity index (χ1) is 14.1. The molecule has 30 heavy (non-hydrogen) atoms. The van der Waals surface area contributed by atoms with Crippen LogP contribution in [0.5, 0.6) is 0 Å². The Morgan fingerprint density at radius 2 is 1.63 bits per heavy atom. The molecule has 0 bridgehead atoms. The number of anilines is 1. The average molecular weight is 424 g/mol. The third-order valence-electron chi connectivity index (χ3n) is 5.15. The van der Waals surface area contributed by atoms with Crippen LogP contribution in [0.3, 0.4) is 0 Å². The molecule has 1 atom stereocenters. The van der Waals surface area contributed by atoms with Crippen LogP contribution >= 0.6 is 0 Å². The fourth-order valence-corrected chi connectivity index (χ4v) is 5.60. The number of carbonyl (C=O) groups is 1. The van der Waals surface area contributed by atoms with E-state index in [0.29, 0.717) is 5.69 Å². The van der Waals surface area contributed by atoms with E-state index in [0.717, 1.165) is 21.9 Å². The van der Waals surface area contributed by atoms with Crippen LogP contribution in [0.4, 0.5) is 5.69 Å². The second kappa shape index (κ2) is 7.13. The summed E-state index contributed by atoms with van der Waals surface area (Å²) in [4.78, 5) is 12.9. The van der Waals surface area contributed by atoms with Crippen molar-refractivity contribution in [2.24, 2.45) is 0 Å². The number of carbonyl (C=O) groups excluding carboxylic acids is 1. The average Bonchev–Trinajstić information content (AvgIpc) is 2.97. The molecule has 1 aliphatic rings. The fourth-order valence-electron chi connectivity index (χ4n) is 3.96. The lowest BCUT2D eigenvalue weighted by molar-refractivity contribution is -0.155. The second-order valence-electron chi connectivity index (χ2n) is 8.64. The van der Waals surface area contributed by atoms with Gasteiger partial charge < -0.3 is 4.74 Å². The lowest BCUT2D eigenvalue weighted by Gasteiger charge is -2.28. The lowest BCUT2D eigenvalue weighted by Crippen LogP contribution is -2.34. The number of hydrogen-bond donors (Lipinski definition) is 0. The van der Waals surface area contributed by atoms with Gasteiger partial charge in [0, 0.05) is 5.39 Å². The van der Waals surface area contributed by atoms with E-state index in [1.807, 2.05) is 37.3 Å². The highest BCUT2D eigenvalue weighted by atomic mass is 32.2. The smallest absolute Gasteiger partial charge is 0.308 e. The van der Waals surface area contributed by atoms with Crippen molar-refractivity contribution in [3.05, 3.63) is 71.8 Å². The van der Waals surface area contributed by atoms with Crippen LogP contribution in [0.15, 0.2) is 65.6 Å². The molecule has 0 N–H and O–H groups in total. The molecule has 3 aromatic carbocycles. The highest BCUT2D eigenvalue weighted by Crippen LogP contribution is 2.48. The molecule has 156 valence electrons. The first-order valence-electron chi connectivity index (χ1n) is 9.92. The first-order valence-corrected chi connectivity index (χ1v) is 11.4. The summed E-state index contributed by atoms with van der Waals surface area (Å²) in [7, 11) is -3.88. The minimum absolute atomic E-state index is 0.0594. The number of aryl methyl sites for hydroxylation is 1. The van der Waals surface area contributed by atoms with Gasteiger partial charge in [0.2, 0.25) is 0 Å². The van der Waals surface area contributed by atoms with Crippen LogP contribution in [-0.4, -0.2) is 20.0 Å². The fraction of sp³-hybridized carbons (Fsp3) is 0.292. The SMILES string of the molecule is Cc1ccc(S(=O)(=O)N2c3cccc4cccc(c34)[C@H]2CC(=O)OC(C)(C)C)cc1. The van der Waals surface area contributed by atoms with Gasteiger partial charge in [-0.25, -0.2) is 8.42 Å². The molecule has 4 rings (SSSR count). The Bertz CT molecular complexity index is 1220. The van der Waals surface area contributed by atoms with Gasteiger partial charge in [0.25, 0.3) is 10.0 Å². The molecule has 0 aromatic heterocycles. The van der Waals surface area contributed by atoms with Crippen LogP contribution in [0.25, 0.3) is 10.8 Å². The Kier molecular flexibility index (Phi) is 4.85.